The molecule has 1 atom stereocenters. The third kappa shape index (κ3) is 3.42. The van der Waals surface area contributed by atoms with Crippen LogP contribution < -0.4 is 15.2 Å². The number of nitrogens with two attached hydrogens (primary N) is 1. The largest absolute Gasteiger partial charge is 0.492 e. The maximum Gasteiger partial charge on any atom is 0.216 e. The molecule has 2 aromatic heterocycles. The highest BCUT2D eigenvalue weighted by molar-refractivity contribution is 5.31. The Hall–Kier alpha value is -2.21. The van der Waals surface area contributed by atoms with Crippen molar-refractivity contribution in [3.63, 3.8) is 0 Å². The van der Waals surface area contributed by atoms with Crippen LogP contribution in [0.5, 0.6) is 11.6 Å². The van der Waals surface area contributed by atoms with Gasteiger partial charge in [-0.05, 0) is 18.1 Å². The first-order valence-corrected chi connectivity index (χ1v) is 6.44. The molecule has 0 aliphatic carbocycles. The van der Waals surface area contributed by atoms with Crippen LogP contribution in [0.3, 0.4) is 0 Å². The maximum atomic E-state index is 6.20. The zero-order chi connectivity index (χ0) is 14.4. The molecule has 1 unspecified atom stereocenters. The number of nitrogens with zero attached hydrogens (tertiary/aromatic N) is 3. The van der Waals surface area contributed by atoms with Gasteiger partial charge in [-0.15, -0.1) is 0 Å². The van der Waals surface area contributed by atoms with Crippen LogP contribution in [-0.2, 0) is 0 Å². The van der Waals surface area contributed by atoms with Gasteiger partial charge in [-0.1, -0.05) is 6.92 Å². The average Bonchev–Trinajstić information content (AvgIpc) is 2.52. The predicted molar refractivity (Wildman–Crippen MR) is 74.6 cm³/mol. The van der Waals surface area contributed by atoms with E-state index in [4.69, 9.17) is 15.2 Å². The number of pyridine rings is 1. The van der Waals surface area contributed by atoms with Crippen molar-refractivity contribution in [3.8, 4) is 11.6 Å². The normalized spacial score (nSPS) is 11.9. The molecule has 0 bridgehead atoms. The van der Waals surface area contributed by atoms with Gasteiger partial charge in [0.25, 0.3) is 0 Å². The van der Waals surface area contributed by atoms with E-state index < -0.39 is 6.04 Å². The summed E-state index contributed by atoms with van der Waals surface area (Å²) in [5.41, 5.74) is 7.70. The van der Waals surface area contributed by atoms with Gasteiger partial charge in [0.05, 0.1) is 31.6 Å². The lowest BCUT2D eigenvalue weighted by Crippen LogP contribution is -2.14. The second kappa shape index (κ2) is 6.81. The number of aromatic nitrogens is 3. The molecular weight excluding hydrogens is 256 g/mol. The zero-order valence-electron chi connectivity index (χ0n) is 11.6. The van der Waals surface area contributed by atoms with Gasteiger partial charge in [0, 0.05) is 12.3 Å². The van der Waals surface area contributed by atoms with E-state index in [1.807, 2.05) is 6.07 Å². The van der Waals surface area contributed by atoms with E-state index in [1.54, 1.807) is 25.6 Å². The molecule has 0 saturated carbocycles. The average molecular weight is 274 g/mol. The number of ether oxygens (including phenoxy) is 2. The van der Waals surface area contributed by atoms with Gasteiger partial charge in [-0.3, -0.25) is 4.98 Å². The molecular formula is C14H18N4O2. The SMILES string of the molecule is CCCOc1cncc(C(N)c2cc(OC)ncn2)c1. The van der Waals surface area contributed by atoms with Crippen LogP contribution in [-0.4, -0.2) is 28.7 Å². The molecule has 6 heteroatoms. The van der Waals surface area contributed by atoms with Gasteiger partial charge in [-0.25, -0.2) is 9.97 Å². The molecule has 0 aromatic carbocycles. The van der Waals surface area contributed by atoms with Crippen molar-refractivity contribution in [2.45, 2.75) is 19.4 Å². The van der Waals surface area contributed by atoms with Crippen molar-refractivity contribution >= 4 is 0 Å². The van der Waals surface area contributed by atoms with Crippen molar-refractivity contribution < 1.29 is 9.47 Å². The van der Waals surface area contributed by atoms with Crippen molar-refractivity contribution in [1.82, 2.24) is 15.0 Å². The molecule has 2 N–H and O–H groups in total. The highest BCUT2D eigenvalue weighted by atomic mass is 16.5. The Morgan fingerprint density at radius 1 is 1.25 bits per heavy atom. The van der Waals surface area contributed by atoms with Gasteiger partial charge in [-0.2, -0.15) is 0 Å². The van der Waals surface area contributed by atoms with Crippen LogP contribution in [0.25, 0.3) is 0 Å². The van der Waals surface area contributed by atoms with Crippen molar-refractivity contribution in [1.29, 1.82) is 0 Å². The topological polar surface area (TPSA) is 83.2 Å². The number of rotatable bonds is 6. The molecule has 0 fully saturated rings. The minimum Gasteiger partial charge on any atom is -0.492 e. The van der Waals surface area contributed by atoms with E-state index in [1.165, 1.54) is 6.33 Å². The molecule has 2 aromatic rings. The summed E-state index contributed by atoms with van der Waals surface area (Å²) in [5, 5.41) is 0. The Labute approximate surface area is 118 Å². The van der Waals surface area contributed by atoms with Gasteiger partial charge in [0.1, 0.15) is 12.1 Å². The lowest BCUT2D eigenvalue weighted by molar-refractivity contribution is 0.315. The second-order valence-corrected chi connectivity index (χ2v) is 4.27. The van der Waals surface area contributed by atoms with Crippen LogP contribution in [0.4, 0.5) is 0 Å². The van der Waals surface area contributed by atoms with Gasteiger partial charge in [0.15, 0.2) is 0 Å². The van der Waals surface area contributed by atoms with E-state index in [2.05, 4.69) is 21.9 Å². The Bertz CT molecular complexity index is 562. The van der Waals surface area contributed by atoms with Crippen molar-refractivity contribution in [3.05, 3.63) is 42.1 Å². The van der Waals surface area contributed by atoms with Crippen molar-refractivity contribution in [2.24, 2.45) is 5.73 Å². The first-order chi connectivity index (χ1) is 9.74. The summed E-state index contributed by atoms with van der Waals surface area (Å²) in [6, 6.07) is 3.19. The fourth-order valence-corrected chi connectivity index (χ4v) is 1.71. The van der Waals surface area contributed by atoms with Crippen LogP contribution in [0.2, 0.25) is 0 Å². The van der Waals surface area contributed by atoms with E-state index >= 15 is 0 Å². The Kier molecular flexibility index (Phi) is 4.84. The van der Waals surface area contributed by atoms with Gasteiger partial charge in [0.2, 0.25) is 5.88 Å². The van der Waals surface area contributed by atoms with Crippen LogP contribution >= 0.6 is 0 Å². The lowest BCUT2D eigenvalue weighted by atomic mass is 10.1. The Morgan fingerprint density at radius 2 is 2.10 bits per heavy atom. The Balaban J connectivity index is 2.21. The molecule has 20 heavy (non-hydrogen) atoms. The predicted octanol–water partition coefficient (Wildman–Crippen LogP) is 1.72. The zero-order valence-corrected chi connectivity index (χ0v) is 11.6. The summed E-state index contributed by atoms with van der Waals surface area (Å²) in [6.07, 6.45) is 5.75. The van der Waals surface area contributed by atoms with Crippen molar-refractivity contribution in [2.75, 3.05) is 13.7 Å². The second-order valence-electron chi connectivity index (χ2n) is 4.27. The molecule has 0 amide bonds. The van der Waals surface area contributed by atoms with E-state index in [9.17, 15) is 0 Å². The quantitative estimate of drug-likeness (QED) is 0.863. The molecule has 0 radical (unpaired) electrons. The smallest absolute Gasteiger partial charge is 0.216 e. The van der Waals surface area contributed by atoms with Crippen LogP contribution in [0.15, 0.2) is 30.9 Å². The highest BCUT2D eigenvalue weighted by Crippen LogP contribution is 2.22. The Morgan fingerprint density at radius 3 is 2.85 bits per heavy atom. The first-order valence-electron chi connectivity index (χ1n) is 6.44. The molecule has 0 saturated heterocycles. The molecule has 0 spiro atoms. The molecule has 2 rings (SSSR count). The molecule has 106 valence electrons. The fraction of sp³-hybridized carbons (Fsp3) is 0.357. The minimum atomic E-state index is -0.399. The molecule has 0 aliphatic rings. The molecule has 2 heterocycles. The molecule has 0 aliphatic heterocycles. The summed E-state index contributed by atoms with van der Waals surface area (Å²) in [6.45, 7) is 2.71. The first kappa shape index (κ1) is 14.2. The van der Waals surface area contributed by atoms with Gasteiger partial charge < -0.3 is 15.2 Å². The monoisotopic (exact) mass is 274 g/mol. The summed E-state index contributed by atoms with van der Waals surface area (Å²) >= 11 is 0. The maximum absolute atomic E-state index is 6.20. The number of hydrogen-bond acceptors (Lipinski definition) is 6. The van der Waals surface area contributed by atoms with Gasteiger partial charge >= 0.3 is 0 Å². The number of hydrogen-bond donors (Lipinski definition) is 1. The van der Waals surface area contributed by atoms with E-state index in [-0.39, 0.29) is 0 Å². The standard InChI is InChI=1S/C14H18N4O2/c1-3-4-20-11-5-10(7-16-8-11)14(15)12-6-13(19-2)18-9-17-12/h5-9,14H,3-4,15H2,1-2H3. The van der Waals surface area contributed by atoms with Crippen LogP contribution in [0, 0.1) is 0 Å². The summed E-state index contributed by atoms with van der Waals surface area (Å²) in [4.78, 5) is 12.3. The fourth-order valence-electron chi connectivity index (χ4n) is 1.71. The summed E-state index contributed by atoms with van der Waals surface area (Å²) in [5.74, 6) is 1.19. The third-order valence-corrected chi connectivity index (χ3v) is 2.76. The summed E-state index contributed by atoms with van der Waals surface area (Å²) in [7, 11) is 1.55. The lowest BCUT2D eigenvalue weighted by Gasteiger charge is -2.13. The summed E-state index contributed by atoms with van der Waals surface area (Å²) < 4.78 is 10.6. The minimum absolute atomic E-state index is 0.399. The van der Waals surface area contributed by atoms with E-state index in [0.29, 0.717) is 23.9 Å². The number of methoxy groups -OCH3 is 1. The van der Waals surface area contributed by atoms with E-state index in [0.717, 1.165) is 12.0 Å². The van der Waals surface area contributed by atoms with Crippen LogP contribution in [0.1, 0.15) is 30.6 Å². The molecule has 6 nitrogen and oxygen atoms in total. The third-order valence-electron chi connectivity index (χ3n) is 2.76. The highest BCUT2D eigenvalue weighted by Gasteiger charge is 2.13.